The van der Waals surface area contributed by atoms with Crippen LogP contribution in [0.4, 0.5) is 5.69 Å². The standard InChI is InChI=1S/C22H34N6.HI/c1-4-23-22(28-15-12-19(18-28)20-16-25-27(3)17-20)24-13-8-9-14-26(2)21-10-6-5-7-11-21;/h5-7,10-11,16-17,19H,4,8-9,12-15,18H2,1-3H3,(H,23,24);1H. The van der Waals surface area contributed by atoms with E-state index in [0.717, 1.165) is 57.9 Å². The maximum Gasteiger partial charge on any atom is 0.193 e. The van der Waals surface area contributed by atoms with Crippen molar-refractivity contribution in [1.29, 1.82) is 0 Å². The van der Waals surface area contributed by atoms with Crippen molar-refractivity contribution in [2.24, 2.45) is 12.0 Å². The van der Waals surface area contributed by atoms with Crippen LogP contribution in [0, 0.1) is 0 Å². The molecule has 1 aromatic carbocycles. The Morgan fingerprint density at radius 2 is 2.07 bits per heavy atom. The Morgan fingerprint density at radius 1 is 1.28 bits per heavy atom. The molecule has 1 aliphatic heterocycles. The molecule has 0 aliphatic carbocycles. The van der Waals surface area contributed by atoms with Crippen molar-refractivity contribution in [1.82, 2.24) is 20.0 Å². The summed E-state index contributed by atoms with van der Waals surface area (Å²) in [5.41, 5.74) is 2.61. The highest BCUT2D eigenvalue weighted by Gasteiger charge is 2.26. The molecule has 2 heterocycles. The topological polar surface area (TPSA) is 48.7 Å². The average Bonchev–Trinajstić information content (AvgIpc) is 3.36. The fourth-order valence-electron chi connectivity index (χ4n) is 3.76. The molecule has 0 spiro atoms. The normalized spacial score (nSPS) is 16.6. The summed E-state index contributed by atoms with van der Waals surface area (Å²) in [5, 5.41) is 7.79. The van der Waals surface area contributed by atoms with Gasteiger partial charge >= 0.3 is 0 Å². The van der Waals surface area contributed by atoms with Crippen LogP contribution in [0.2, 0.25) is 0 Å². The molecule has 6 nitrogen and oxygen atoms in total. The number of nitrogens with one attached hydrogen (secondary N) is 1. The van der Waals surface area contributed by atoms with E-state index in [1.165, 1.54) is 11.3 Å². The van der Waals surface area contributed by atoms with Gasteiger partial charge in [-0.3, -0.25) is 9.67 Å². The first-order valence-electron chi connectivity index (χ1n) is 10.5. The molecular formula is C22H35IN6. The molecule has 1 N–H and O–H groups in total. The van der Waals surface area contributed by atoms with Gasteiger partial charge in [0.1, 0.15) is 0 Å². The lowest BCUT2D eigenvalue weighted by Crippen LogP contribution is -2.40. The summed E-state index contributed by atoms with van der Waals surface area (Å²) in [4.78, 5) is 9.60. The molecule has 7 heteroatoms. The van der Waals surface area contributed by atoms with E-state index in [2.05, 4.69) is 70.7 Å². The van der Waals surface area contributed by atoms with E-state index in [0.29, 0.717) is 5.92 Å². The molecule has 0 amide bonds. The minimum absolute atomic E-state index is 0. The highest BCUT2D eigenvalue weighted by Crippen LogP contribution is 2.26. The Hall–Kier alpha value is -1.77. The fraction of sp³-hybridized carbons (Fsp3) is 0.545. The highest BCUT2D eigenvalue weighted by atomic mass is 127. The van der Waals surface area contributed by atoms with E-state index < -0.39 is 0 Å². The fourth-order valence-corrected chi connectivity index (χ4v) is 3.76. The molecule has 0 radical (unpaired) electrons. The van der Waals surface area contributed by atoms with E-state index in [1.54, 1.807) is 0 Å². The van der Waals surface area contributed by atoms with Gasteiger partial charge in [0.2, 0.25) is 0 Å². The molecule has 2 aromatic rings. The average molecular weight is 510 g/mol. The number of aryl methyl sites for hydroxylation is 1. The predicted molar refractivity (Wildman–Crippen MR) is 132 cm³/mol. The second-order valence-corrected chi connectivity index (χ2v) is 7.58. The Balaban J connectivity index is 0.00000300. The summed E-state index contributed by atoms with van der Waals surface area (Å²) >= 11 is 0. The van der Waals surface area contributed by atoms with Crippen LogP contribution in [0.25, 0.3) is 0 Å². The van der Waals surface area contributed by atoms with Crippen LogP contribution in [0.3, 0.4) is 0 Å². The van der Waals surface area contributed by atoms with Crippen LogP contribution in [0.1, 0.15) is 37.7 Å². The number of hydrogen-bond donors (Lipinski definition) is 1. The number of unbranched alkanes of at least 4 members (excludes halogenated alkanes) is 1. The van der Waals surface area contributed by atoms with Crippen LogP contribution in [0.5, 0.6) is 0 Å². The van der Waals surface area contributed by atoms with Crippen molar-refractivity contribution in [3.63, 3.8) is 0 Å². The zero-order valence-corrected chi connectivity index (χ0v) is 20.3. The molecule has 1 aliphatic rings. The molecular weight excluding hydrogens is 475 g/mol. The number of guanidine groups is 1. The molecule has 160 valence electrons. The van der Waals surface area contributed by atoms with Gasteiger partial charge in [-0.25, -0.2) is 0 Å². The van der Waals surface area contributed by atoms with Gasteiger partial charge in [-0.15, -0.1) is 24.0 Å². The molecule has 29 heavy (non-hydrogen) atoms. The lowest BCUT2D eigenvalue weighted by molar-refractivity contribution is 0.485. The van der Waals surface area contributed by atoms with Crippen LogP contribution < -0.4 is 10.2 Å². The van der Waals surface area contributed by atoms with Gasteiger partial charge in [0.25, 0.3) is 0 Å². The first kappa shape index (κ1) is 23.5. The largest absolute Gasteiger partial charge is 0.375 e. The number of rotatable bonds is 8. The van der Waals surface area contributed by atoms with E-state index in [4.69, 9.17) is 4.99 Å². The number of benzene rings is 1. The Labute approximate surface area is 192 Å². The van der Waals surface area contributed by atoms with Gasteiger partial charge in [0.15, 0.2) is 5.96 Å². The molecule has 0 bridgehead atoms. The van der Waals surface area contributed by atoms with Crippen LogP contribution in [0.15, 0.2) is 47.7 Å². The summed E-state index contributed by atoms with van der Waals surface area (Å²) in [6.07, 6.45) is 7.56. The number of nitrogens with zero attached hydrogens (tertiary/aromatic N) is 5. The van der Waals surface area contributed by atoms with E-state index in [1.807, 2.05) is 17.9 Å². The Kier molecular flexibility index (Phi) is 9.76. The number of para-hydroxylation sites is 1. The van der Waals surface area contributed by atoms with Gasteiger partial charge < -0.3 is 15.1 Å². The van der Waals surface area contributed by atoms with E-state index in [9.17, 15) is 0 Å². The van der Waals surface area contributed by atoms with Crippen molar-refractivity contribution in [2.45, 2.75) is 32.1 Å². The second kappa shape index (κ2) is 12.0. The summed E-state index contributed by atoms with van der Waals surface area (Å²) in [6.45, 7) is 7.06. The predicted octanol–water partition coefficient (Wildman–Crippen LogP) is 3.71. The van der Waals surface area contributed by atoms with Crippen molar-refractivity contribution >= 4 is 35.6 Å². The van der Waals surface area contributed by atoms with Crippen LogP contribution >= 0.6 is 24.0 Å². The molecule has 1 unspecified atom stereocenters. The van der Waals surface area contributed by atoms with E-state index in [-0.39, 0.29) is 24.0 Å². The van der Waals surface area contributed by atoms with E-state index >= 15 is 0 Å². The summed E-state index contributed by atoms with van der Waals surface area (Å²) < 4.78 is 1.89. The lowest BCUT2D eigenvalue weighted by atomic mass is 10.0. The number of hydrogen-bond acceptors (Lipinski definition) is 3. The number of aliphatic imine (C=N–C) groups is 1. The number of aromatic nitrogens is 2. The van der Waals surface area contributed by atoms with Gasteiger partial charge in [-0.05, 0) is 43.9 Å². The summed E-state index contributed by atoms with van der Waals surface area (Å²) in [7, 11) is 4.14. The third-order valence-corrected chi connectivity index (χ3v) is 5.38. The first-order valence-corrected chi connectivity index (χ1v) is 10.5. The minimum Gasteiger partial charge on any atom is -0.375 e. The lowest BCUT2D eigenvalue weighted by Gasteiger charge is -2.22. The van der Waals surface area contributed by atoms with Crippen molar-refractivity contribution in [2.75, 3.05) is 44.7 Å². The van der Waals surface area contributed by atoms with Crippen LogP contribution in [-0.4, -0.2) is 60.4 Å². The summed E-state index contributed by atoms with van der Waals surface area (Å²) in [5.74, 6) is 1.61. The van der Waals surface area contributed by atoms with Gasteiger partial charge in [0.05, 0.1) is 6.20 Å². The SMILES string of the molecule is CCNC(=NCCCCN(C)c1ccccc1)N1CCC(c2cnn(C)c2)C1.I. The number of likely N-dealkylation sites (tertiary alicyclic amines) is 1. The highest BCUT2D eigenvalue weighted by molar-refractivity contribution is 14.0. The smallest absolute Gasteiger partial charge is 0.193 e. The number of anilines is 1. The quantitative estimate of drug-likeness (QED) is 0.255. The minimum atomic E-state index is 0. The molecule has 1 atom stereocenters. The third kappa shape index (κ3) is 6.90. The van der Waals surface area contributed by atoms with Crippen molar-refractivity contribution in [3.8, 4) is 0 Å². The molecule has 1 saturated heterocycles. The molecule has 1 fully saturated rings. The monoisotopic (exact) mass is 510 g/mol. The van der Waals surface area contributed by atoms with Crippen molar-refractivity contribution < 1.29 is 0 Å². The molecule has 3 rings (SSSR count). The van der Waals surface area contributed by atoms with Crippen molar-refractivity contribution in [3.05, 3.63) is 48.3 Å². The maximum atomic E-state index is 4.89. The Morgan fingerprint density at radius 3 is 2.76 bits per heavy atom. The van der Waals surface area contributed by atoms with Gasteiger partial charge in [-0.2, -0.15) is 5.10 Å². The maximum absolute atomic E-state index is 4.89. The summed E-state index contributed by atoms with van der Waals surface area (Å²) in [6, 6.07) is 10.6. The Bertz CT molecular complexity index is 745. The van der Waals surface area contributed by atoms with Gasteiger partial charge in [-0.1, -0.05) is 18.2 Å². The third-order valence-electron chi connectivity index (χ3n) is 5.38. The second-order valence-electron chi connectivity index (χ2n) is 7.58. The first-order chi connectivity index (χ1) is 13.7. The molecule has 0 saturated carbocycles. The van der Waals surface area contributed by atoms with Gasteiger partial charge in [0, 0.05) is 64.6 Å². The zero-order chi connectivity index (χ0) is 19.8. The number of halogens is 1. The zero-order valence-electron chi connectivity index (χ0n) is 17.9. The van der Waals surface area contributed by atoms with Crippen LogP contribution in [-0.2, 0) is 7.05 Å². The molecule has 1 aromatic heterocycles.